The summed E-state index contributed by atoms with van der Waals surface area (Å²) in [6.45, 7) is 3.16. The second-order valence-corrected chi connectivity index (χ2v) is 5.83. The van der Waals surface area contributed by atoms with Crippen LogP contribution in [0.2, 0.25) is 0 Å². The van der Waals surface area contributed by atoms with Gasteiger partial charge in [0.1, 0.15) is 0 Å². The maximum atomic E-state index is 5.50. The Morgan fingerprint density at radius 2 is 2.09 bits per heavy atom. The maximum Gasteiger partial charge on any atom is 0.191 e. The quantitative estimate of drug-likeness (QED) is 0.624. The largest absolute Gasteiger partial charge is 0.381 e. The van der Waals surface area contributed by atoms with Crippen molar-refractivity contribution in [2.45, 2.75) is 24.9 Å². The number of aromatic nitrogens is 1. The van der Waals surface area contributed by atoms with Crippen molar-refractivity contribution in [3.63, 3.8) is 0 Å². The van der Waals surface area contributed by atoms with Gasteiger partial charge in [-0.2, -0.15) is 0 Å². The average Bonchev–Trinajstić information content (AvgIpc) is 2.56. The van der Waals surface area contributed by atoms with E-state index in [0.717, 1.165) is 44.3 Å². The summed E-state index contributed by atoms with van der Waals surface area (Å²) in [4.78, 5) is 10.9. The number of likely N-dealkylation sites (N-methyl/N-ethyl adjacent to an activating group) is 1. The van der Waals surface area contributed by atoms with E-state index in [4.69, 9.17) is 4.74 Å². The van der Waals surface area contributed by atoms with Crippen molar-refractivity contribution < 1.29 is 4.74 Å². The Labute approximate surface area is 133 Å². The van der Waals surface area contributed by atoms with Crippen LogP contribution in [0.1, 0.15) is 18.5 Å². The molecule has 0 spiro atoms. The summed E-state index contributed by atoms with van der Waals surface area (Å²) in [5.41, 5.74) is 1.12. The number of hydrogen-bond donors (Lipinski definition) is 2. The molecule has 1 saturated heterocycles. The van der Waals surface area contributed by atoms with Crippen LogP contribution in [0.25, 0.3) is 0 Å². The number of guanidine groups is 1. The molecular formula is C16H27N5O. The molecule has 0 aliphatic carbocycles. The fraction of sp³-hybridized carbons (Fsp3) is 0.625. The van der Waals surface area contributed by atoms with Crippen molar-refractivity contribution in [2.24, 2.45) is 4.99 Å². The first-order valence-corrected chi connectivity index (χ1v) is 7.76. The maximum absolute atomic E-state index is 5.50. The van der Waals surface area contributed by atoms with Crippen LogP contribution in [0.3, 0.4) is 0 Å². The van der Waals surface area contributed by atoms with Crippen molar-refractivity contribution in [1.29, 1.82) is 0 Å². The molecule has 0 radical (unpaired) electrons. The molecule has 1 aliphatic rings. The molecule has 2 rings (SSSR count). The standard InChI is InChI=1S/C16H27N5O/c1-17-15(19-12-14-6-4-5-9-18-14)20-13-16(21(2)3)7-10-22-11-8-16/h4-6,9H,7-8,10-13H2,1-3H3,(H2,17,19,20). The summed E-state index contributed by atoms with van der Waals surface area (Å²) >= 11 is 0. The Morgan fingerprint density at radius 3 is 2.68 bits per heavy atom. The van der Waals surface area contributed by atoms with Crippen LogP contribution in [-0.4, -0.2) is 62.3 Å². The summed E-state index contributed by atoms with van der Waals surface area (Å²) in [6.07, 6.45) is 3.87. The van der Waals surface area contributed by atoms with Gasteiger partial charge in [0, 0.05) is 38.5 Å². The van der Waals surface area contributed by atoms with Gasteiger partial charge in [0.15, 0.2) is 5.96 Å². The average molecular weight is 305 g/mol. The van der Waals surface area contributed by atoms with Crippen LogP contribution < -0.4 is 10.6 Å². The molecular weight excluding hydrogens is 278 g/mol. The van der Waals surface area contributed by atoms with Gasteiger partial charge in [-0.3, -0.25) is 9.98 Å². The lowest BCUT2D eigenvalue weighted by Gasteiger charge is -2.43. The molecule has 0 saturated carbocycles. The van der Waals surface area contributed by atoms with Crippen LogP contribution >= 0.6 is 0 Å². The van der Waals surface area contributed by atoms with Gasteiger partial charge in [-0.25, -0.2) is 0 Å². The van der Waals surface area contributed by atoms with Crippen molar-refractivity contribution >= 4 is 5.96 Å². The van der Waals surface area contributed by atoms with Crippen molar-refractivity contribution in [3.8, 4) is 0 Å². The SMILES string of the molecule is CN=C(NCc1ccccn1)NCC1(N(C)C)CCOCC1. The van der Waals surface area contributed by atoms with E-state index in [-0.39, 0.29) is 5.54 Å². The lowest BCUT2D eigenvalue weighted by Crippen LogP contribution is -2.57. The predicted octanol–water partition coefficient (Wildman–Crippen LogP) is 0.857. The molecule has 0 atom stereocenters. The zero-order valence-corrected chi connectivity index (χ0v) is 13.8. The van der Waals surface area contributed by atoms with E-state index < -0.39 is 0 Å². The Hall–Kier alpha value is -1.66. The van der Waals surface area contributed by atoms with E-state index in [1.807, 2.05) is 18.2 Å². The van der Waals surface area contributed by atoms with E-state index in [9.17, 15) is 0 Å². The molecule has 122 valence electrons. The first-order valence-electron chi connectivity index (χ1n) is 7.76. The van der Waals surface area contributed by atoms with Gasteiger partial charge in [-0.05, 0) is 39.1 Å². The Morgan fingerprint density at radius 1 is 1.32 bits per heavy atom. The molecule has 0 unspecified atom stereocenters. The number of rotatable bonds is 5. The molecule has 1 aromatic heterocycles. The number of ether oxygens (including phenoxy) is 1. The van der Waals surface area contributed by atoms with Gasteiger partial charge in [-0.15, -0.1) is 0 Å². The third kappa shape index (κ3) is 4.42. The van der Waals surface area contributed by atoms with Gasteiger partial charge >= 0.3 is 0 Å². The summed E-state index contributed by atoms with van der Waals surface area (Å²) < 4.78 is 5.50. The van der Waals surface area contributed by atoms with Crippen LogP contribution in [0, 0.1) is 0 Å². The summed E-state index contributed by atoms with van der Waals surface area (Å²) in [5, 5.41) is 6.75. The molecule has 1 aromatic rings. The van der Waals surface area contributed by atoms with Crippen molar-refractivity contribution in [1.82, 2.24) is 20.5 Å². The smallest absolute Gasteiger partial charge is 0.191 e. The molecule has 6 heteroatoms. The molecule has 2 heterocycles. The number of aliphatic imine (C=N–C) groups is 1. The van der Waals surface area contributed by atoms with E-state index >= 15 is 0 Å². The van der Waals surface area contributed by atoms with E-state index in [1.165, 1.54) is 0 Å². The number of hydrogen-bond acceptors (Lipinski definition) is 4. The fourth-order valence-corrected chi connectivity index (χ4v) is 2.68. The first kappa shape index (κ1) is 16.7. The number of pyridine rings is 1. The van der Waals surface area contributed by atoms with Crippen molar-refractivity contribution in [2.75, 3.05) is 40.9 Å². The minimum Gasteiger partial charge on any atom is -0.381 e. The Kier molecular flexibility index (Phi) is 6.15. The zero-order chi connectivity index (χ0) is 15.8. The second-order valence-electron chi connectivity index (χ2n) is 5.83. The van der Waals surface area contributed by atoms with Crippen LogP contribution in [-0.2, 0) is 11.3 Å². The normalized spacial score (nSPS) is 18.3. The molecule has 0 bridgehead atoms. The monoisotopic (exact) mass is 305 g/mol. The third-order valence-corrected chi connectivity index (χ3v) is 4.34. The second kappa shape index (κ2) is 8.10. The Bertz CT molecular complexity index is 469. The van der Waals surface area contributed by atoms with E-state index in [0.29, 0.717) is 6.54 Å². The third-order valence-electron chi connectivity index (χ3n) is 4.34. The molecule has 6 nitrogen and oxygen atoms in total. The molecule has 22 heavy (non-hydrogen) atoms. The van der Waals surface area contributed by atoms with Gasteiger partial charge in [0.05, 0.1) is 12.2 Å². The van der Waals surface area contributed by atoms with Gasteiger partial charge < -0.3 is 20.3 Å². The molecule has 1 fully saturated rings. The minimum atomic E-state index is 0.126. The molecule has 0 amide bonds. The van der Waals surface area contributed by atoms with Crippen molar-refractivity contribution in [3.05, 3.63) is 30.1 Å². The zero-order valence-electron chi connectivity index (χ0n) is 13.8. The highest BCUT2D eigenvalue weighted by Crippen LogP contribution is 2.24. The van der Waals surface area contributed by atoms with Crippen LogP contribution in [0.4, 0.5) is 0 Å². The summed E-state index contributed by atoms with van der Waals surface area (Å²) in [6, 6.07) is 5.91. The molecule has 1 aliphatic heterocycles. The molecule has 0 aromatic carbocycles. The highest BCUT2D eigenvalue weighted by atomic mass is 16.5. The van der Waals surface area contributed by atoms with E-state index in [2.05, 4.69) is 39.6 Å². The Balaban J connectivity index is 1.87. The topological polar surface area (TPSA) is 61.8 Å². The fourth-order valence-electron chi connectivity index (χ4n) is 2.68. The lowest BCUT2D eigenvalue weighted by molar-refractivity contribution is -0.00501. The van der Waals surface area contributed by atoms with Gasteiger partial charge in [-0.1, -0.05) is 6.07 Å². The highest BCUT2D eigenvalue weighted by molar-refractivity contribution is 5.79. The van der Waals surface area contributed by atoms with Crippen LogP contribution in [0.5, 0.6) is 0 Å². The van der Waals surface area contributed by atoms with Crippen LogP contribution in [0.15, 0.2) is 29.4 Å². The van der Waals surface area contributed by atoms with Gasteiger partial charge in [0.25, 0.3) is 0 Å². The lowest BCUT2D eigenvalue weighted by atomic mass is 9.88. The summed E-state index contributed by atoms with van der Waals surface area (Å²) in [7, 11) is 6.06. The molecule has 2 N–H and O–H groups in total. The highest BCUT2D eigenvalue weighted by Gasteiger charge is 2.34. The minimum absolute atomic E-state index is 0.126. The van der Waals surface area contributed by atoms with Gasteiger partial charge in [0.2, 0.25) is 0 Å². The number of nitrogens with zero attached hydrogens (tertiary/aromatic N) is 3. The first-order chi connectivity index (χ1) is 10.7. The summed E-state index contributed by atoms with van der Waals surface area (Å²) in [5.74, 6) is 0.804. The predicted molar refractivity (Wildman–Crippen MR) is 88.9 cm³/mol. The van der Waals surface area contributed by atoms with E-state index in [1.54, 1.807) is 13.2 Å². The number of nitrogens with one attached hydrogen (secondary N) is 2.